The van der Waals surface area contributed by atoms with E-state index in [2.05, 4.69) is 20.5 Å². The molecule has 4 heterocycles. The zero-order chi connectivity index (χ0) is 21.2. The van der Waals surface area contributed by atoms with Crippen LogP contribution in [0.3, 0.4) is 0 Å². The van der Waals surface area contributed by atoms with Gasteiger partial charge in [-0.15, -0.1) is 5.10 Å². The number of fused-ring (bicyclic) bond motifs is 3. The molecule has 1 aromatic heterocycles. The van der Waals surface area contributed by atoms with Gasteiger partial charge in [-0.2, -0.15) is 0 Å². The number of nitrogens with zero attached hydrogens (tertiary/aromatic N) is 4. The van der Waals surface area contributed by atoms with Crippen LogP contribution in [0.25, 0.3) is 11.3 Å². The molecule has 3 saturated heterocycles. The van der Waals surface area contributed by atoms with Crippen molar-refractivity contribution in [3.8, 4) is 11.3 Å². The minimum absolute atomic E-state index is 0.0548. The van der Waals surface area contributed by atoms with Crippen LogP contribution in [0.2, 0.25) is 0 Å². The number of hydrogen-bond acceptors (Lipinski definition) is 4. The van der Waals surface area contributed by atoms with Crippen LogP contribution in [0.4, 0.5) is 4.39 Å². The fourth-order valence-electron chi connectivity index (χ4n) is 4.90. The summed E-state index contributed by atoms with van der Waals surface area (Å²) in [6, 6.07) is 16.7. The average molecular weight is 420 g/mol. The van der Waals surface area contributed by atoms with Crippen molar-refractivity contribution in [3.05, 3.63) is 72.2 Å². The predicted octanol–water partition coefficient (Wildman–Crippen LogP) is 3.11. The first kappa shape index (κ1) is 19.9. The molecule has 160 valence electrons. The van der Waals surface area contributed by atoms with Gasteiger partial charge >= 0.3 is 0 Å². The summed E-state index contributed by atoms with van der Waals surface area (Å²) in [5.74, 6) is 0.367. The summed E-state index contributed by atoms with van der Waals surface area (Å²) in [6.07, 6.45) is 3.98. The zero-order valence-electron chi connectivity index (χ0n) is 17.3. The first-order valence-electron chi connectivity index (χ1n) is 10.9. The lowest BCUT2D eigenvalue weighted by atomic mass is 9.75. The minimum atomic E-state index is -0.260. The summed E-state index contributed by atoms with van der Waals surface area (Å²) < 4.78 is 15.0. The van der Waals surface area contributed by atoms with Gasteiger partial charge in [0, 0.05) is 24.7 Å². The number of carbonyl (C=O) groups is 1. The lowest BCUT2D eigenvalue weighted by Crippen LogP contribution is -2.57. The Morgan fingerprint density at radius 3 is 2.68 bits per heavy atom. The highest BCUT2D eigenvalue weighted by molar-refractivity contribution is 5.79. The Kier molecular flexibility index (Phi) is 5.51. The van der Waals surface area contributed by atoms with Crippen molar-refractivity contribution in [2.75, 3.05) is 13.1 Å². The first-order chi connectivity index (χ1) is 15.2. The number of carbonyl (C=O) groups excluding carboxylic acids is 1. The molecule has 6 rings (SSSR count). The van der Waals surface area contributed by atoms with Gasteiger partial charge in [-0.05, 0) is 55.1 Å². The molecule has 4 atom stereocenters. The van der Waals surface area contributed by atoms with E-state index >= 15 is 0 Å². The summed E-state index contributed by atoms with van der Waals surface area (Å²) in [6.45, 7) is 3.16. The Morgan fingerprint density at radius 1 is 1.13 bits per heavy atom. The monoisotopic (exact) mass is 419 g/mol. The summed E-state index contributed by atoms with van der Waals surface area (Å²) in [4.78, 5) is 15.2. The summed E-state index contributed by atoms with van der Waals surface area (Å²) >= 11 is 0. The molecular formula is C24H26FN5O. The number of rotatable bonds is 6. The van der Waals surface area contributed by atoms with Gasteiger partial charge in [0.25, 0.3) is 0 Å². The van der Waals surface area contributed by atoms with E-state index in [0.29, 0.717) is 18.5 Å². The van der Waals surface area contributed by atoms with E-state index in [9.17, 15) is 9.18 Å². The predicted molar refractivity (Wildman–Crippen MR) is 115 cm³/mol. The van der Waals surface area contributed by atoms with Crippen LogP contribution in [0.5, 0.6) is 0 Å². The van der Waals surface area contributed by atoms with Gasteiger partial charge in [-0.25, -0.2) is 4.39 Å². The molecule has 0 radical (unpaired) electrons. The van der Waals surface area contributed by atoms with E-state index in [-0.39, 0.29) is 17.6 Å². The maximum absolute atomic E-state index is 13.2. The van der Waals surface area contributed by atoms with Gasteiger partial charge in [-0.3, -0.25) is 14.4 Å². The van der Waals surface area contributed by atoms with E-state index in [0.717, 1.165) is 49.3 Å². The number of amides is 1. The van der Waals surface area contributed by atoms with Crippen LogP contribution < -0.4 is 5.32 Å². The Hall–Kier alpha value is -3.06. The van der Waals surface area contributed by atoms with Crippen molar-refractivity contribution in [2.45, 2.75) is 32.0 Å². The Balaban J connectivity index is 1.18. The second-order valence-corrected chi connectivity index (χ2v) is 8.58. The quantitative estimate of drug-likeness (QED) is 0.667. The molecule has 4 unspecified atom stereocenters. The molecule has 7 heteroatoms. The van der Waals surface area contributed by atoms with Crippen molar-refractivity contribution >= 4 is 5.91 Å². The molecule has 0 aliphatic carbocycles. The van der Waals surface area contributed by atoms with E-state index in [1.165, 1.54) is 12.1 Å². The molecule has 3 aromatic rings. The van der Waals surface area contributed by atoms with Gasteiger partial charge < -0.3 is 5.32 Å². The number of nitrogens with one attached hydrogen (secondary N) is 1. The number of benzene rings is 2. The smallest absolute Gasteiger partial charge is 0.224 e. The lowest BCUT2D eigenvalue weighted by Gasteiger charge is -2.49. The van der Waals surface area contributed by atoms with Crippen molar-refractivity contribution in [2.24, 2.45) is 11.8 Å². The van der Waals surface area contributed by atoms with Crippen molar-refractivity contribution in [3.63, 3.8) is 0 Å². The van der Waals surface area contributed by atoms with Crippen LogP contribution in [0.15, 0.2) is 60.8 Å². The molecule has 1 amide bonds. The maximum Gasteiger partial charge on any atom is 0.224 e. The average Bonchev–Trinajstić information content (AvgIpc) is 3.27. The summed E-state index contributed by atoms with van der Waals surface area (Å²) in [7, 11) is 0. The second kappa shape index (κ2) is 8.59. The van der Waals surface area contributed by atoms with Gasteiger partial charge in [0.15, 0.2) is 0 Å². The van der Waals surface area contributed by atoms with Gasteiger partial charge in [0.2, 0.25) is 5.91 Å². The molecule has 0 spiro atoms. The largest absolute Gasteiger partial charge is 0.352 e. The summed E-state index contributed by atoms with van der Waals surface area (Å²) in [5.41, 5.74) is 2.72. The second-order valence-electron chi connectivity index (χ2n) is 8.58. The maximum atomic E-state index is 13.2. The highest BCUT2D eigenvalue weighted by Gasteiger charge is 2.43. The van der Waals surface area contributed by atoms with E-state index in [1.54, 1.807) is 12.1 Å². The third kappa shape index (κ3) is 4.37. The Labute approximate surface area is 181 Å². The number of halogens is 1. The standard InChI is InChI=1S/C24H26FN5O/c25-20-8-6-18(7-9-20)23-16-30(28-27-23)14-21-12-19-10-11-29(21)15-22(19)24(31)26-13-17-4-2-1-3-5-17/h1-9,16,19,21-22H,10-15H2,(H,26,31). The van der Waals surface area contributed by atoms with Crippen LogP contribution in [-0.4, -0.2) is 44.9 Å². The van der Waals surface area contributed by atoms with Crippen LogP contribution >= 0.6 is 0 Å². The number of hydrogen-bond donors (Lipinski definition) is 1. The molecule has 3 aliphatic heterocycles. The SMILES string of the molecule is O=C(NCc1ccccc1)C1CN2CCC1CC2Cn1cc(-c2ccc(F)cc2)nn1. The zero-order valence-corrected chi connectivity index (χ0v) is 17.3. The number of aromatic nitrogens is 3. The molecule has 0 saturated carbocycles. The molecule has 3 fully saturated rings. The van der Waals surface area contributed by atoms with E-state index in [1.807, 2.05) is 41.2 Å². The number of piperidine rings is 3. The normalized spacial score (nSPS) is 24.8. The molecule has 2 bridgehead atoms. The molecule has 6 nitrogen and oxygen atoms in total. The van der Waals surface area contributed by atoms with Crippen molar-refractivity contribution in [1.29, 1.82) is 0 Å². The van der Waals surface area contributed by atoms with Crippen LogP contribution in [0.1, 0.15) is 18.4 Å². The molecular weight excluding hydrogens is 393 g/mol. The highest BCUT2D eigenvalue weighted by atomic mass is 19.1. The van der Waals surface area contributed by atoms with E-state index < -0.39 is 0 Å². The van der Waals surface area contributed by atoms with Gasteiger partial charge in [0.1, 0.15) is 11.5 Å². The molecule has 1 N–H and O–H groups in total. The van der Waals surface area contributed by atoms with E-state index in [4.69, 9.17) is 0 Å². The topological polar surface area (TPSA) is 63.1 Å². The molecule has 3 aliphatic rings. The fourth-order valence-corrected chi connectivity index (χ4v) is 4.90. The van der Waals surface area contributed by atoms with Crippen molar-refractivity contribution in [1.82, 2.24) is 25.2 Å². The summed E-state index contributed by atoms with van der Waals surface area (Å²) in [5, 5.41) is 11.6. The molecule has 2 aromatic carbocycles. The van der Waals surface area contributed by atoms with Crippen LogP contribution in [-0.2, 0) is 17.9 Å². The third-order valence-electron chi connectivity index (χ3n) is 6.60. The highest BCUT2D eigenvalue weighted by Crippen LogP contribution is 2.37. The van der Waals surface area contributed by atoms with Crippen LogP contribution in [0, 0.1) is 17.7 Å². The fraction of sp³-hybridized carbons (Fsp3) is 0.375. The van der Waals surface area contributed by atoms with Gasteiger partial charge in [0.05, 0.1) is 18.7 Å². The molecule has 31 heavy (non-hydrogen) atoms. The minimum Gasteiger partial charge on any atom is -0.352 e. The Bertz CT molecular complexity index is 1040. The Morgan fingerprint density at radius 2 is 1.94 bits per heavy atom. The van der Waals surface area contributed by atoms with Gasteiger partial charge in [-0.1, -0.05) is 35.5 Å². The first-order valence-corrected chi connectivity index (χ1v) is 10.9. The lowest BCUT2D eigenvalue weighted by molar-refractivity contribution is -0.133. The van der Waals surface area contributed by atoms with Crippen molar-refractivity contribution < 1.29 is 9.18 Å². The third-order valence-corrected chi connectivity index (χ3v) is 6.60.